The number of hydrogen-bond donors (Lipinski definition) is 1. The number of aliphatic hydroxyl groups is 1. The number of rotatable bonds is 63. The van der Waals surface area contributed by atoms with Crippen LogP contribution in [0.25, 0.3) is 0 Å². The van der Waals surface area contributed by atoms with Gasteiger partial charge in [0.1, 0.15) is 18.8 Å². The summed E-state index contributed by atoms with van der Waals surface area (Å²) in [6.45, 7) is 5.38. The van der Waals surface area contributed by atoms with Crippen LogP contribution in [0.3, 0.4) is 0 Å². The van der Waals surface area contributed by atoms with Crippen LogP contribution in [0.15, 0.2) is 121 Å². The van der Waals surface area contributed by atoms with E-state index in [9.17, 15) is 38.7 Å². The van der Waals surface area contributed by atoms with Crippen LogP contribution < -0.4 is 0 Å². The van der Waals surface area contributed by atoms with Gasteiger partial charge in [-0.05, 0) is 67.8 Å². The normalized spacial score (nSPS) is 19.5. The lowest BCUT2D eigenvalue weighted by atomic mass is 9.96. The van der Waals surface area contributed by atoms with Crippen LogP contribution >= 0.6 is 0 Å². The molecule has 4 aromatic carbocycles. The molecule has 10 atom stereocenters. The van der Waals surface area contributed by atoms with Crippen LogP contribution in [0.5, 0.6) is 0 Å². The van der Waals surface area contributed by atoms with Gasteiger partial charge in [0.25, 0.3) is 0 Å². The first-order valence-electron chi connectivity index (χ1n) is 44.1. The molecule has 2 aliphatic rings. The summed E-state index contributed by atoms with van der Waals surface area (Å²) >= 11 is 0. The molecule has 2 saturated heterocycles. The van der Waals surface area contributed by atoms with Crippen molar-refractivity contribution in [1.29, 1.82) is 0 Å². The van der Waals surface area contributed by atoms with E-state index in [4.69, 9.17) is 47.4 Å². The second kappa shape index (κ2) is 59.7. The van der Waals surface area contributed by atoms with Crippen molar-refractivity contribution in [2.24, 2.45) is 0 Å². The van der Waals surface area contributed by atoms with E-state index in [1.165, 1.54) is 216 Å². The summed E-state index contributed by atoms with van der Waals surface area (Å²) in [6.07, 6.45) is 33.9. The van der Waals surface area contributed by atoms with Crippen molar-refractivity contribution in [3.63, 3.8) is 0 Å². The van der Waals surface area contributed by atoms with Crippen molar-refractivity contribution in [3.05, 3.63) is 144 Å². The molecule has 0 saturated carbocycles. The lowest BCUT2D eigenvalue weighted by molar-refractivity contribution is -0.326. The van der Waals surface area contributed by atoms with Gasteiger partial charge in [-0.2, -0.15) is 0 Å². The average Bonchev–Trinajstić information content (AvgIpc) is 0.792. The molecule has 4 aromatic rings. The first-order valence-corrected chi connectivity index (χ1v) is 44.1. The van der Waals surface area contributed by atoms with Crippen molar-refractivity contribution in [2.45, 2.75) is 390 Å². The van der Waals surface area contributed by atoms with E-state index in [1.807, 2.05) is 0 Å². The van der Waals surface area contributed by atoms with Gasteiger partial charge in [0.05, 0.1) is 28.9 Å². The van der Waals surface area contributed by atoms with Crippen molar-refractivity contribution < 1.29 is 86.0 Å². The molecule has 0 amide bonds. The van der Waals surface area contributed by atoms with E-state index in [-0.39, 0.29) is 41.5 Å². The fourth-order valence-corrected chi connectivity index (χ4v) is 14.8. The number of hydrogen-bond acceptors (Lipinski definition) is 18. The van der Waals surface area contributed by atoms with Crippen LogP contribution in [0.1, 0.15) is 370 Å². The minimum absolute atomic E-state index is 0.000935. The molecule has 0 bridgehead atoms. The van der Waals surface area contributed by atoms with E-state index in [0.717, 1.165) is 89.9 Å². The maximum absolute atomic E-state index is 14.6. The minimum Gasteiger partial charge on any atom is -0.459 e. The molecule has 18 nitrogen and oxygen atoms in total. The summed E-state index contributed by atoms with van der Waals surface area (Å²) in [7, 11) is 0. The number of ether oxygens (including phenoxy) is 10. The first kappa shape index (κ1) is 93.9. The number of aliphatic hydroxyl groups excluding tert-OH is 1. The monoisotopic (exact) mass is 1560 g/mol. The van der Waals surface area contributed by atoms with E-state index >= 15 is 0 Å². The van der Waals surface area contributed by atoms with Gasteiger partial charge >= 0.3 is 41.8 Å². The van der Waals surface area contributed by atoms with Gasteiger partial charge in [-0.15, -0.1) is 0 Å². The molecule has 624 valence electrons. The topological polar surface area (TPSA) is 232 Å². The van der Waals surface area contributed by atoms with Crippen molar-refractivity contribution in [1.82, 2.24) is 0 Å². The highest BCUT2D eigenvalue weighted by atomic mass is 16.7. The summed E-state index contributed by atoms with van der Waals surface area (Å²) < 4.78 is 63.6. The van der Waals surface area contributed by atoms with Crippen molar-refractivity contribution >= 4 is 41.8 Å². The van der Waals surface area contributed by atoms with E-state index in [1.54, 1.807) is 84.9 Å². The Bertz CT molecular complexity index is 3110. The highest BCUT2D eigenvalue weighted by Gasteiger charge is 2.56. The zero-order chi connectivity index (χ0) is 79.7. The third-order valence-electron chi connectivity index (χ3n) is 21.5. The zero-order valence-electron chi connectivity index (χ0n) is 68.6. The molecular weight excluding hydrogens is 1420 g/mol. The van der Waals surface area contributed by atoms with Gasteiger partial charge < -0.3 is 52.5 Å². The van der Waals surface area contributed by atoms with Crippen LogP contribution in [0, 0.1) is 0 Å². The molecule has 0 unspecified atom stereocenters. The SMILES string of the molecule is CCCCCCCCCCCCCCCCCC(=O)O[C@@H]1[C@@H](OC(=O)CCCCCCCCCCCCCCCCC)[C@H](O)O[C@H](CO[C@H]2O[C@H](COC(=O)c3ccccc3)[C@@H](OC(=O)c3ccccc3)[C@H](OC(=O)c3ccccc3)[C@H]2OC(=O)c2ccccc2)[C@H]1OC(=O)CCCCCCCCCCCCCCCCC. The Morgan fingerprint density at radius 2 is 0.509 bits per heavy atom. The van der Waals surface area contributed by atoms with E-state index < -0.39 is 116 Å². The lowest BCUT2D eigenvalue weighted by Gasteiger charge is -2.46. The molecule has 2 aliphatic heterocycles. The predicted octanol–water partition coefficient (Wildman–Crippen LogP) is 22.5. The second-order valence-corrected chi connectivity index (χ2v) is 31.1. The van der Waals surface area contributed by atoms with Gasteiger partial charge in [-0.25, -0.2) is 19.2 Å². The third-order valence-corrected chi connectivity index (χ3v) is 21.5. The fourth-order valence-electron chi connectivity index (χ4n) is 14.8. The van der Waals surface area contributed by atoms with Gasteiger partial charge in [0.2, 0.25) is 0 Å². The number of carbonyl (C=O) groups is 7. The molecule has 6 rings (SSSR count). The number of unbranched alkanes of at least 4 members (excludes halogenated alkanes) is 42. The summed E-state index contributed by atoms with van der Waals surface area (Å²) in [6, 6.07) is 32.1. The van der Waals surface area contributed by atoms with Gasteiger partial charge in [0, 0.05) is 19.3 Å². The summed E-state index contributed by atoms with van der Waals surface area (Å²) in [4.78, 5) is 101. The Morgan fingerprint density at radius 3 is 0.830 bits per heavy atom. The molecule has 0 spiro atoms. The van der Waals surface area contributed by atoms with Gasteiger partial charge in [-0.3, -0.25) is 14.4 Å². The standard InChI is InChI=1S/C94H140O18/c1-4-7-10-13-16-19-22-25-28-31-34-37-40-43-58-69-80(95)107-83-78(105-93(102)87(109-82(97)71-60-45-42-39-36-33-30-27-24-21-18-15-12-9-6-3)85(83)108-81(96)70-59-44-41-38-35-32-29-26-23-20-17-14-11-8-5-2)73-104-94-88(112-92(101)77-67-56-49-57-68-77)86(111-91(100)76-65-54-48-55-66-76)84(110-90(99)75-63-52-47-53-64-75)79(106-94)72-103-89(98)74-61-50-46-51-62-74/h46-57,61-68,78-79,83-88,93-94,102H,4-45,58-60,69-73H2,1-3H3/t78-,79-,83-,84-,85+,86+,87-,88-,93-,94+/m1/s1. The van der Waals surface area contributed by atoms with Crippen LogP contribution in [0.2, 0.25) is 0 Å². The van der Waals surface area contributed by atoms with Crippen LogP contribution in [-0.4, -0.2) is 122 Å². The van der Waals surface area contributed by atoms with Crippen molar-refractivity contribution in [2.75, 3.05) is 13.2 Å². The molecule has 0 aliphatic carbocycles. The maximum Gasteiger partial charge on any atom is 0.338 e. The average molecular weight is 1560 g/mol. The summed E-state index contributed by atoms with van der Waals surface area (Å²) in [5.41, 5.74) is 0.417. The first-order chi connectivity index (χ1) is 54.9. The lowest BCUT2D eigenvalue weighted by Crippen LogP contribution is -2.65. The maximum atomic E-state index is 14.6. The Labute approximate surface area is 671 Å². The zero-order valence-corrected chi connectivity index (χ0v) is 68.6. The Kier molecular flexibility index (Phi) is 50.0. The number of carbonyl (C=O) groups excluding carboxylic acids is 7. The highest BCUT2D eigenvalue weighted by Crippen LogP contribution is 2.35. The van der Waals surface area contributed by atoms with Crippen LogP contribution in [0.4, 0.5) is 0 Å². The Balaban J connectivity index is 1.27. The highest BCUT2D eigenvalue weighted by molar-refractivity contribution is 5.91. The quantitative estimate of drug-likeness (QED) is 0.0246. The molecule has 0 aromatic heterocycles. The Morgan fingerprint density at radius 1 is 0.268 bits per heavy atom. The van der Waals surface area contributed by atoms with Crippen molar-refractivity contribution in [3.8, 4) is 0 Å². The Hall–Kier alpha value is -6.99. The smallest absolute Gasteiger partial charge is 0.338 e. The third kappa shape index (κ3) is 38.9. The molecule has 0 radical (unpaired) electrons. The van der Waals surface area contributed by atoms with Gasteiger partial charge in [-0.1, -0.05) is 363 Å². The largest absolute Gasteiger partial charge is 0.459 e. The predicted molar refractivity (Wildman–Crippen MR) is 437 cm³/mol. The molecule has 1 N–H and O–H groups in total. The summed E-state index contributed by atoms with van der Waals surface area (Å²) in [5.74, 6) is -5.55. The van der Waals surface area contributed by atoms with Crippen LogP contribution in [-0.2, 0) is 61.8 Å². The molecule has 2 heterocycles. The fraction of sp³-hybridized carbons (Fsp3) is 0.670. The second-order valence-electron chi connectivity index (χ2n) is 31.1. The molecule has 112 heavy (non-hydrogen) atoms. The molecular formula is C94H140O18. The number of esters is 7. The summed E-state index contributed by atoms with van der Waals surface area (Å²) in [5, 5.41) is 12.3. The van der Waals surface area contributed by atoms with E-state index in [0.29, 0.717) is 19.3 Å². The molecule has 18 heteroatoms. The molecule has 2 fully saturated rings. The van der Waals surface area contributed by atoms with Gasteiger partial charge in [0.15, 0.2) is 49.2 Å². The minimum atomic E-state index is -1.99. The number of benzene rings is 4. The van der Waals surface area contributed by atoms with E-state index in [2.05, 4.69) is 20.8 Å².